The Hall–Kier alpha value is -4.03. The number of aryl methyl sites for hydroxylation is 1. The highest BCUT2D eigenvalue weighted by Gasteiger charge is 2.19. The first-order chi connectivity index (χ1) is 16.2. The molecule has 4 rings (SSSR count). The highest BCUT2D eigenvalue weighted by atomic mass is 19.1. The molecule has 4 aromatic rings. The molecule has 12 heteroatoms. The van der Waals surface area contributed by atoms with Crippen molar-refractivity contribution in [2.45, 2.75) is 13.5 Å². The maximum Gasteiger partial charge on any atom is 0.488 e. The summed E-state index contributed by atoms with van der Waals surface area (Å²) in [6.45, 7) is 2.11. The second kappa shape index (κ2) is 9.08. The van der Waals surface area contributed by atoms with Crippen LogP contribution in [0.2, 0.25) is 0 Å². The zero-order chi connectivity index (χ0) is 24.6. The molecule has 0 aliphatic rings. The van der Waals surface area contributed by atoms with Crippen molar-refractivity contribution in [2.75, 3.05) is 24.3 Å². The molecule has 2 aromatic carbocycles. The van der Waals surface area contributed by atoms with Crippen molar-refractivity contribution >= 4 is 41.0 Å². The van der Waals surface area contributed by atoms with E-state index in [1.54, 1.807) is 54.8 Å². The smallest absolute Gasteiger partial charge is 0.423 e. The van der Waals surface area contributed by atoms with Crippen LogP contribution in [0.5, 0.6) is 0 Å². The lowest BCUT2D eigenvalue weighted by atomic mass is 9.80. The summed E-state index contributed by atoms with van der Waals surface area (Å²) in [6.07, 6.45) is 0. The Balaban J connectivity index is 1.77. The van der Waals surface area contributed by atoms with Crippen molar-refractivity contribution in [3.8, 4) is 5.95 Å². The largest absolute Gasteiger partial charge is 0.488 e. The van der Waals surface area contributed by atoms with Crippen molar-refractivity contribution in [3.05, 3.63) is 65.1 Å². The first-order valence-electron chi connectivity index (χ1n) is 10.4. The molecule has 0 spiro atoms. The van der Waals surface area contributed by atoms with Gasteiger partial charge in [-0.25, -0.2) is 4.39 Å². The van der Waals surface area contributed by atoms with Crippen LogP contribution in [-0.2, 0) is 6.54 Å². The molecule has 2 heterocycles. The molecule has 2 aromatic heterocycles. The molecular weight excluding hydrogens is 440 g/mol. The highest BCUT2D eigenvalue weighted by Crippen LogP contribution is 2.28. The van der Waals surface area contributed by atoms with Gasteiger partial charge in [-0.2, -0.15) is 4.98 Å². The maximum atomic E-state index is 14.3. The Bertz CT molecular complexity index is 1390. The lowest BCUT2D eigenvalue weighted by molar-refractivity contribution is 0.100. The first kappa shape index (κ1) is 23.1. The number of carbonyl (C=O) groups excluding carboxylic acids is 1. The van der Waals surface area contributed by atoms with Gasteiger partial charge in [0.1, 0.15) is 5.82 Å². The van der Waals surface area contributed by atoms with Gasteiger partial charge in [0.25, 0.3) is 5.95 Å². The Labute approximate surface area is 195 Å². The fourth-order valence-corrected chi connectivity index (χ4v) is 3.75. The fourth-order valence-electron chi connectivity index (χ4n) is 3.75. The molecule has 174 valence electrons. The molecular formula is C22H23BFN7O3. The van der Waals surface area contributed by atoms with Crippen LogP contribution < -0.4 is 21.4 Å². The number of halogens is 1. The van der Waals surface area contributed by atoms with Crippen molar-refractivity contribution in [1.82, 2.24) is 19.7 Å². The summed E-state index contributed by atoms with van der Waals surface area (Å²) < 4.78 is 15.9. The lowest BCUT2D eigenvalue weighted by Crippen LogP contribution is -2.30. The molecule has 0 radical (unpaired) electrons. The number of carbonyl (C=O) groups is 1. The zero-order valence-corrected chi connectivity index (χ0v) is 18.8. The summed E-state index contributed by atoms with van der Waals surface area (Å²) in [4.78, 5) is 18.2. The minimum absolute atomic E-state index is 0.0685. The summed E-state index contributed by atoms with van der Waals surface area (Å²) in [5.74, 6) is -0.275. The number of amides is 1. The number of nitrogens with two attached hydrogens (primary N) is 1. The minimum Gasteiger partial charge on any atom is -0.423 e. The molecule has 34 heavy (non-hydrogen) atoms. The second-order valence-corrected chi connectivity index (χ2v) is 8.02. The van der Waals surface area contributed by atoms with E-state index >= 15 is 0 Å². The van der Waals surface area contributed by atoms with Gasteiger partial charge in [0, 0.05) is 31.7 Å². The van der Waals surface area contributed by atoms with Gasteiger partial charge >= 0.3 is 7.12 Å². The van der Waals surface area contributed by atoms with Crippen LogP contribution in [0.1, 0.15) is 21.6 Å². The van der Waals surface area contributed by atoms with Gasteiger partial charge in [-0.15, -0.1) is 10.2 Å². The van der Waals surface area contributed by atoms with E-state index in [0.29, 0.717) is 40.2 Å². The van der Waals surface area contributed by atoms with E-state index in [-0.39, 0.29) is 11.5 Å². The number of nitrogens with one attached hydrogen (secondary N) is 1. The topological polar surface area (TPSA) is 142 Å². The SMILES string of the molecule is Cc1cc2c(C(N)=O)cc(F)cc2n1-c1nnc(N(C)C)c(NCc2cccc(B(O)O)c2)n1. The summed E-state index contributed by atoms with van der Waals surface area (Å²) in [5, 5.41) is 31.0. The number of benzene rings is 2. The van der Waals surface area contributed by atoms with Gasteiger partial charge in [-0.3, -0.25) is 9.36 Å². The quantitative estimate of drug-likeness (QED) is 0.294. The number of aromatic nitrogens is 4. The second-order valence-electron chi connectivity index (χ2n) is 8.02. The maximum absolute atomic E-state index is 14.3. The lowest BCUT2D eigenvalue weighted by Gasteiger charge is -2.17. The first-order valence-corrected chi connectivity index (χ1v) is 10.4. The van der Waals surface area contributed by atoms with Crippen molar-refractivity contribution < 1.29 is 19.2 Å². The van der Waals surface area contributed by atoms with Crippen LogP contribution in [0.15, 0.2) is 42.5 Å². The summed E-state index contributed by atoms with van der Waals surface area (Å²) in [5.41, 5.74) is 7.73. The van der Waals surface area contributed by atoms with Crippen LogP contribution in [0.3, 0.4) is 0 Å². The molecule has 0 aliphatic carbocycles. The Morgan fingerprint density at radius 1 is 1.21 bits per heavy atom. The van der Waals surface area contributed by atoms with E-state index in [1.807, 2.05) is 6.07 Å². The average molecular weight is 463 g/mol. The monoisotopic (exact) mass is 463 g/mol. The van der Waals surface area contributed by atoms with Crippen LogP contribution in [0.4, 0.5) is 16.0 Å². The number of anilines is 2. The molecule has 0 saturated carbocycles. The Morgan fingerprint density at radius 2 is 1.97 bits per heavy atom. The van der Waals surface area contributed by atoms with Crippen molar-refractivity contribution in [2.24, 2.45) is 5.73 Å². The van der Waals surface area contributed by atoms with Gasteiger partial charge in [0.15, 0.2) is 11.6 Å². The Kier molecular flexibility index (Phi) is 6.18. The van der Waals surface area contributed by atoms with E-state index < -0.39 is 18.8 Å². The number of nitrogens with zero attached hydrogens (tertiary/aromatic N) is 5. The molecule has 0 bridgehead atoms. The predicted molar refractivity (Wildman–Crippen MR) is 128 cm³/mol. The third-order valence-electron chi connectivity index (χ3n) is 5.33. The van der Waals surface area contributed by atoms with Gasteiger partial charge in [0.05, 0.1) is 11.1 Å². The molecule has 1 amide bonds. The molecule has 0 saturated heterocycles. The molecule has 0 aliphatic heterocycles. The normalized spacial score (nSPS) is 11.0. The van der Waals surface area contributed by atoms with E-state index in [0.717, 1.165) is 11.6 Å². The number of rotatable bonds is 7. The van der Waals surface area contributed by atoms with E-state index in [4.69, 9.17) is 5.73 Å². The number of primary amides is 1. The number of fused-ring (bicyclic) bond motifs is 1. The van der Waals surface area contributed by atoms with E-state index in [2.05, 4.69) is 20.5 Å². The fraction of sp³-hybridized carbons (Fsp3) is 0.182. The summed E-state index contributed by atoms with van der Waals surface area (Å²) in [6, 6.07) is 11.0. The molecule has 0 fully saturated rings. The molecule has 10 nitrogen and oxygen atoms in total. The average Bonchev–Trinajstić information content (AvgIpc) is 3.12. The van der Waals surface area contributed by atoms with Gasteiger partial charge < -0.3 is 26.0 Å². The standard InChI is InChI=1S/C22H23BFN7O3/c1-12-7-16-17(19(25)32)9-15(24)10-18(16)31(12)22-27-20(21(28-29-22)30(2)3)26-11-13-5-4-6-14(8-13)23(33)34/h4-10,33-34H,11H2,1-3H3,(H2,25,32)(H,26,27,29). The highest BCUT2D eigenvalue weighted by molar-refractivity contribution is 6.58. The summed E-state index contributed by atoms with van der Waals surface area (Å²) >= 11 is 0. The third kappa shape index (κ3) is 4.41. The molecule has 5 N–H and O–H groups in total. The predicted octanol–water partition coefficient (Wildman–Crippen LogP) is 0.720. The van der Waals surface area contributed by atoms with Crippen LogP contribution >= 0.6 is 0 Å². The van der Waals surface area contributed by atoms with E-state index in [9.17, 15) is 19.2 Å². The number of hydrogen-bond donors (Lipinski definition) is 4. The number of hydrogen-bond acceptors (Lipinski definition) is 8. The van der Waals surface area contributed by atoms with Crippen molar-refractivity contribution in [1.29, 1.82) is 0 Å². The minimum atomic E-state index is -1.57. The summed E-state index contributed by atoms with van der Waals surface area (Å²) in [7, 11) is 2.02. The Morgan fingerprint density at radius 3 is 2.65 bits per heavy atom. The van der Waals surface area contributed by atoms with Crippen LogP contribution in [0.25, 0.3) is 16.9 Å². The van der Waals surface area contributed by atoms with Crippen LogP contribution in [-0.4, -0.2) is 56.9 Å². The zero-order valence-electron chi connectivity index (χ0n) is 18.8. The third-order valence-corrected chi connectivity index (χ3v) is 5.33. The molecule has 0 atom stereocenters. The van der Waals surface area contributed by atoms with Gasteiger partial charge in [0.2, 0.25) is 5.91 Å². The molecule has 0 unspecified atom stereocenters. The van der Waals surface area contributed by atoms with Crippen molar-refractivity contribution in [3.63, 3.8) is 0 Å². The van der Waals surface area contributed by atoms with E-state index in [1.165, 1.54) is 6.07 Å². The van der Waals surface area contributed by atoms with Gasteiger partial charge in [-0.1, -0.05) is 24.3 Å². The van der Waals surface area contributed by atoms with Gasteiger partial charge in [-0.05, 0) is 36.1 Å². The van der Waals surface area contributed by atoms with Crippen LogP contribution in [0, 0.1) is 12.7 Å².